The van der Waals surface area contributed by atoms with Crippen LogP contribution in [0, 0.1) is 0 Å². The minimum absolute atomic E-state index is 0.156. The molecule has 17 heavy (non-hydrogen) atoms. The van der Waals surface area contributed by atoms with Crippen LogP contribution in [0.25, 0.3) is 0 Å². The Labute approximate surface area is 103 Å². The summed E-state index contributed by atoms with van der Waals surface area (Å²) >= 11 is 5.95. The molecule has 0 amide bonds. The maximum Gasteiger partial charge on any atom is 0.243 e. The number of nitrogens with zero attached hydrogens (tertiary/aromatic N) is 2. The minimum atomic E-state index is -0.305. The monoisotopic (exact) mass is 248 g/mol. The summed E-state index contributed by atoms with van der Waals surface area (Å²) in [5.74, 6) is -0.113. The van der Waals surface area contributed by atoms with Gasteiger partial charge < -0.3 is 4.74 Å². The number of hydrogen-bond donors (Lipinski definition) is 0. The van der Waals surface area contributed by atoms with E-state index in [0.29, 0.717) is 10.6 Å². The molecule has 2 aromatic rings. The second-order valence-electron chi connectivity index (χ2n) is 3.22. The summed E-state index contributed by atoms with van der Waals surface area (Å²) in [4.78, 5) is 20.1. The first kappa shape index (κ1) is 11.5. The summed E-state index contributed by atoms with van der Waals surface area (Å²) in [7, 11) is 1.44. The third-order valence-electron chi connectivity index (χ3n) is 2.19. The zero-order valence-electron chi connectivity index (χ0n) is 9.05. The van der Waals surface area contributed by atoms with Crippen LogP contribution in [0.3, 0.4) is 0 Å². The molecule has 0 atom stereocenters. The molecule has 2 rings (SSSR count). The number of rotatable bonds is 3. The lowest BCUT2D eigenvalue weighted by atomic mass is 10.1. The quantitative estimate of drug-likeness (QED) is 0.783. The first-order valence-electron chi connectivity index (χ1n) is 4.88. The van der Waals surface area contributed by atoms with Crippen molar-refractivity contribution in [1.82, 2.24) is 9.97 Å². The molecule has 0 aliphatic heterocycles. The number of aromatic nitrogens is 2. The highest BCUT2D eigenvalue weighted by molar-refractivity contribution is 6.34. The predicted molar refractivity (Wildman–Crippen MR) is 63.5 cm³/mol. The van der Waals surface area contributed by atoms with Crippen molar-refractivity contribution < 1.29 is 9.53 Å². The molecular formula is C12H9ClN2O2. The molecule has 0 bridgehead atoms. The summed E-state index contributed by atoms with van der Waals surface area (Å²) in [5, 5.41) is 0.380. The van der Waals surface area contributed by atoms with E-state index < -0.39 is 0 Å². The van der Waals surface area contributed by atoms with Crippen LogP contribution in [0.15, 0.2) is 36.7 Å². The van der Waals surface area contributed by atoms with E-state index in [-0.39, 0.29) is 17.4 Å². The number of hydrogen-bond acceptors (Lipinski definition) is 4. The van der Waals surface area contributed by atoms with Crippen molar-refractivity contribution in [3.8, 4) is 5.88 Å². The van der Waals surface area contributed by atoms with Gasteiger partial charge in [0.15, 0.2) is 5.69 Å². The van der Waals surface area contributed by atoms with Gasteiger partial charge in [-0.2, -0.15) is 0 Å². The summed E-state index contributed by atoms with van der Waals surface area (Å²) in [6, 6.07) is 6.78. The number of ketones is 1. The maximum atomic E-state index is 12.2. The first-order valence-corrected chi connectivity index (χ1v) is 5.26. The Hall–Kier alpha value is -1.94. The largest absolute Gasteiger partial charge is 0.479 e. The van der Waals surface area contributed by atoms with Gasteiger partial charge in [0.1, 0.15) is 0 Å². The zero-order valence-corrected chi connectivity index (χ0v) is 9.81. The van der Waals surface area contributed by atoms with Crippen molar-refractivity contribution >= 4 is 17.4 Å². The van der Waals surface area contributed by atoms with Gasteiger partial charge in [0.2, 0.25) is 11.7 Å². The van der Waals surface area contributed by atoms with Gasteiger partial charge in [-0.25, -0.2) is 9.97 Å². The van der Waals surface area contributed by atoms with E-state index in [1.165, 1.54) is 19.5 Å². The topological polar surface area (TPSA) is 52.1 Å². The summed E-state index contributed by atoms with van der Waals surface area (Å²) in [5.41, 5.74) is 0.538. The van der Waals surface area contributed by atoms with Crippen LogP contribution in [-0.4, -0.2) is 22.9 Å². The summed E-state index contributed by atoms with van der Waals surface area (Å²) < 4.78 is 4.99. The molecule has 0 aliphatic rings. The molecule has 0 aliphatic carbocycles. The highest BCUT2D eigenvalue weighted by Gasteiger charge is 2.18. The fourth-order valence-corrected chi connectivity index (χ4v) is 1.62. The fourth-order valence-electron chi connectivity index (χ4n) is 1.40. The SMILES string of the molecule is COc1nccnc1C(=O)c1ccccc1Cl. The van der Waals surface area contributed by atoms with Crippen LogP contribution in [0.2, 0.25) is 5.02 Å². The molecule has 0 unspecified atom stereocenters. The second kappa shape index (κ2) is 4.93. The van der Waals surface area contributed by atoms with Gasteiger partial charge >= 0.3 is 0 Å². The van der Waals surface area contributed by atoms with Gasteiger partial charge in [-0.3, -0.25) is 4.79 Å². The Balaban J connectivity index is 2.48. The molecule has 86 valence electrons. The van der Waals surface area contributed by atoms with E-state index >= 15 is 0 Å². The molecule has 0 radical (unpaired) electrons. The van der Waals surface area contributed by atoms with Gasteiger partial charge in [0.05, 0.1) is 12.1 Å². The third kappa shape index (κ3) is 2.26. The molecule has 0 N–H and O–H groups in total. The lowest BCUT2D eigenvalue weighted by Crippen LogP contribution is -2.08. The molecule has 0 saturated heterocycles. The number of methoxy groups -OCH3 is 1. The van der Waals surface area contributed by atoms with E-state index in [0.717, 1.165) is 0 Å². The average molecular weight is 249 g/mol. The highest BCUT2D eigenvalue weighted by atomic mass is 35.5. The number of halogens is 1. The van der Waals surface area contributed by atoms with Crippen LogP contribution in [-0.2, 0) is 0 Å². The van der Waals surface area contributed by atoms with Crippen LogP contribution in [0.4, 0.5) is 0 Å². The van der Waals surface area contributed by atoms with Gasteiger partial charge in [0.25, 0.3) is 0 Å². The van der Waals surface area contributed by atoms with Crippen molar-refractivity contribution in [1.29, 1.82) is 0 Å². The molecule has 0 fully saturated rings. The van der Waals surface area contributed by atoms with Crippen LogP contribution in [0.5, 0.6) is 5.88 Å². The normalized spacial score (nSPS) is 10.0. The lowest BCUT2D eigenvalue weighted by molar-refractivity contribution is 0.103. The third-order valence-corrected chi connectivity index (χ3v) is 2.52. The van der Waals surface area contributed by atoms with E-state index in [4.69, 9.17) is 16.3 Å². The first-order chi connectivity index (χ1) is 8.24. The van der Waals surface area contributed by atoms with Gasteiger partial charge in [-0.15, -0.1) is 0 Å². The van der Waals surface area contributed by atoms with Crippen molar-refractivity contribution in [2.45, 2.75) is 0 Å². The van der Waals surface area contributed by atoms with Crippen LogP contribution in [0.1, 0.15) is 16.1 Å². The van der Waals surface area contributed by atoms with Crippen molar-refractivity contribution in [3.63, 3.8) is 0 Å². The summed E-state index contributed by atoms with van der Waals surface area (Å²) in [6.07, 6.45) is 2.90. The Kier molecular flexibility index (Phi) is 3.35. The van der Waals surface area contributed by atoms with Crippen LogP contribution >= 0.6 is 11.6 Å². The number of benzene rings is 1. The van der Waals surface area contributed by atoms with E-state index in [1.807, 2.05) is 0 Å². The molecule has 0 saturated carbocycles. The summed E-state index contributed by atoms with van der Waals surface area (Å²) in [6.45, 7) is 0. The van der Waals surface area contributed by atoms with Gasteiger partial charge in [-0.1, -0.05) is 23.7 Å². The Morgan fingerprint density at radius 2 is 1.94 bits per heavy atom. The van der Waals surface area contributed by atoms with Gasteiger partial charge in [0, 0.05) is 18.0 Å². The number of carbonyl (C=O) groups is 1. The standard InChI is InChI=1S/C12H9ClN2O2/c1-17-12-10(14-6-7-15-12)11(16)8-4-2-3-5-9(8)13/h2-7H,1H3. The van der Waals surface area contributed by atoms with Gasteiger partial charge in [-0.05, 0) is 12.1 Å². The predicted octanol–water partition coefficient (Wildman–Crippen LogP) is 2.37. The average Bonchev–Trinajstić information content (AvgIpc) is 2.38. The Morgan fingerprint density at radius 1 is 1.24 bits per heavy atom. The second-order valence-corrected chi connectivity index (χ2v) is 3.63. The minimum Gasteiger partial charge on any atom is -0.479 e. The van der Waals surface area contributed by atoms with Crippen molar-refractivity contribution in [2.24, 2.45) is 0 Å². The molecule has 1 heterocycles. The molecule has 4 nitrogen and oxygen atoms in total. The fraction of sp³-hybridized carbons (Fsp3) is 0.0833. The zero-order chi connectivity index (χ0) is 12.3. The Morgan fingerprint density at radius 3 is 2.65 bits per heavy atom. The number of ether oxygens (including phenoxy) is 1. The van der Waals surface area contributed by atoms with E-state index in [1.54, 1.807) is 24.3 Å². The van der Waals surface area contributed by atoms with Crippen molar-refractivity contribution in [2.75, 3.05) is 7.11 Å². The van der Waals surface area contributed by atoms with Crippen LogP contribution < -0.4 is 4.74 Å². The van der Waals surface area contributed by atoms with Crippen molar-refractivity contribution in [3.05, 3.63) is 52.9 Å². The molecular weight excluding hydrogens is 240 g/mol. The highest BCUT2D eigenvalue weighted by Crippen LogP contribution is 2.21. The maximum absolute atomic E-state index is 12.2. The molecule has 1 aromatic heterocycles. The molecule has 1 aromatic carbocycles. The molecule has 5 heteroatoms. The number of carbonyl (C=O) groups excluding carboxylic acids is 1. The van der Waals surface area contributed by atoms with E-state index in [9.17, 15) is 4.79 Å². The Bertz CT molecular complexity index is 558. The smallest absolute Gasteiger partial charge is 0.243 e. The lowest BCUT2D eigenvalue weighted by Gasteiger charge is -2.05. The van der Waals surface area contributed by atoms with E-state index in [2.05, 4.69) is 9.97 Å². The molecule has 0 spiro atoms.